The fourth-order valence-electron chi connectivity index (χ4n) is 1.71. The van der Waals surface area contributed by atoms with Crippen molar-refractivity contribution < 1.29 is 4.74 Å². The third-order valence-corrected chi connectivity index (χ3v) is 3.28. The molecule has 0 bridgehead atoms. The molecule has 1 aromatic heterocycles. The summed E-state index contributed by atoms with van der Waals surface area (Å²) in [4.78, 5) is 8.52. The van der Waals surface area contributed by atoms with Crippen molar-refractivity contribution in [1.82, 2.24) is 9.97 Å². The summed E-state index contributed by atoms with van der Waals surface area (Å²) in [6.07, 6.45) is 0.587. The third kappa shape index (κ3) is 3.44. The zero-order chi connectivity index (χ0) is 13.8. The fraction of sp³-hybridized carbons (Fsp3) is 0.286. The number of aromatic nitrogens is 2. The molecule has 0 saturated heterocycles. The summed E-state index contributed by atoms with van der Waals surface area (Å²) >= 11 is 12.4. The molecule has 2 rings (SSSR count). The Kier molecular flexibility index (Phi) is 4.75. The van der Waals surface area contributed by atoms with Gasteiger partial charge in [0.05, 0.1) is 12.2 Å². The van der Waals surface area contributed by atoms with Gasteiger partial charge in [0.15, 0.2) is 0 Å². The Morgan fingerprint density at radius 1 is 1.05 bits per heavy atom. The van der Waals surface area contributed by atoms with E-state index in [-0.39, 0.29) is 0 Å². The summed E-state index contributed by atoms with van der Waals surface area (Å²) in [7, 11) is 1.63. The largest absolute Gasteiger partial charge is 0.384 e. The van der Waals surface area contributed by atoms with Crippen molar-refractivity contribution in [1.29, 1.82) is 0 Å². The van der Waals surface area contributed by atoms with Gasteiger partial charge in [-0.1, -0.05) is 53.0 Å². The second-order valence-corrected chi connectivity index (χ2v) is 4.92. The Morgan fingerprint density at radius 3 is 2.16 bits per heavy atom. The van der Waals surface area contributed by atoms with Gasteiger partial charge < -0.3 is 4.74 Å². The number of benzene rings is 1. The van der Waals surface area contributed by atoms with Gasteiger partial charge in [0, 0.05) is 13.5 Å². The van der Waals surface area contributed by atoms with Crippen LogP contribution in [0.4, 0.5) is 0 Å². The predicted molar refractivity (Wildman–Crippen MR) is 77.8 cm³/mol. The van der Waals surface area contributed by atoms with Crippen molar-refractivity contribution >= 4 is 23.2 Å². The highest BCUT2D eigenvalue weighted by Gasteiger charge is 2.13. The van der Waals surface area contributed by atoms with Crippen LogP contribution in [0.3, 0.4) is 0 Å². The third-order valence-electron chi connectivity index (χ3n) is 2.74. The lowest BCUT2D eigenvalue weighted by Crippen LogP contribution is -2.02. The number of hydrogen-bond acceptors (Lipinski definition) is 3. The fourth-order valence-corrected chi connectivity index (χ4v) is 2.35. The summed E-state index contributed by atoms with van der Waals surface area (Å²) in [5.74, 6) is 0.590. The summed E-state index contributed by atoms with van der Waals surface area (Å²) in [5, 5.41) is 0.741. The topological polar surface area (TPSA) is 35.0 Å². The van der Waals surface area contributed by atoms with Crippen LogP contribution >= 0.6 is 23.2 Å². The lowest BCUT2D eigenvalue weighted by atomic mass is 10.1. The van der Waals surface area contributed by atoms with Gasteiger partial charge in [-0.05, 0) is 12.5 Å². The van der Waals surface area contributed by atoms with E-state index < -0.39 is 0 Å². The van der Waals surface area contributed by atoms with Gasteiger partial charge in [0.2, 0.25) is 0 Å². The van der Waals surface area contributed by atoms with Crippen LogP contribution in [0.1, 0.15) is 11.4 Å². The Hall–Kier alpha value is -1.16. The van der Waals surface area contributed by atoms with Gasteiger partial charge in [0.1, 0.15) is 16.1 Å². The molecule has 1 aromatic carbocycles. The molecule has 0 aliphatic heterocycles. The van der Waals surface area contributed by atoms with Gasteiger partial charge >= 0.3 is 0 Å². The van der Waals surface area contributed by atoms with Crippen LogP contribution in [-0.4, -0.2) is 23.7 Å². The van der Waals surface area contributed by atoms with E-state index in [2.05, 4.69) is 9.97 Å². The lowest BCUT2D eigenvalue weighted by molar-refractivity contribution is 0.200. The molecule has 2 aromatic rings. The van der Waals surface area contributed by atoms with Crippen molar-refractivity contribution in [3.63, 3.8) is 0 Å². The summed E-state index contributed by atoms with van der Waals surface area (Å²) < 4.78 is 4.99. The van der Waals surface area contributed by atoms with Crippen LogP contribution < -0.4 is 0 Å². The number of halogens is 2. The molecule has 19 heavy (non-hydrogen) atoms. The molecule has 0 atom stereocenters. The first-order valence-electron chi connectivity index (χ1n) is 5.89. The molecule has 1 heterocycles. The maximum Gasteiger partial charge on any atom is 0.142 e. The normalized spacial score (nSPS) is 10.7. The molecule has 0 saturated carbocycles. The number of hydrogen-bond donors (Lipinski definition) is 0. The number of rotatable bonds is 4. The van der Waals surface area contributed by atoms with E-state index in [0.717, 1.165) is 5.56 Å². The molecule has 0 fully saturated rings. The molecule has 3 nitrogen and oxygen atoms in total. The lowest BCUT2D eigenvalue weighted by Gasteiger charge is -2.08. The van der Waals surface area contributed by atoms with Gasteiger partial charge in [-0.15, -0.1) is 0 Å². The quantitative estimate of drug-likeness (QED) is 0.802. The standard InChI is InChI=1S/C14H14Cl2N2O/c1-9-3-5-10(6-4-9)12-13(15)17-11(7-8-19-2)18-14(12)16/h3-6H,7-8H2,1-2H3. The second kappa shape index (κ2) is 6.33. The minimum absolute atomic E-state index is 0.370. The Bertz CT molecular complexity index is 547. The molecule has 0 aliphatic carbocycles. The smallest absolute Gasteiger partial charge is 0.142 e. The molecule has 100 valence electrons. The van der Waals surface area contributed by atoms with Crippen molar-refractivity contribution in [3.8, 4) is 11.1 Å². The van der Waals surface area contributed by atoms with Crippen molar-refractivity contribution in [2.24, 2.45) is 0 Å². The molecular weight excluding hydrogens is 283 g/mol. The van der Waals surface area contributed by atoms with Crippen LogP contribution in [0.15, 0.2) is 24.3 Å². The van der Waals surface area contributed by atoms with Crippen molar-refractivity contribution in [2.45, 2.75) is 13.3 Å². The van der Waals surface area contributed by atoms with E-state index >= 15 is 0 Å². The summed E-state index contributed by atoms with van der Waals surface area (Å²) in [6, 6.07) is 7.92. The van der Waals surface area contributed by atoms with E-state index in [4.69, 9.17) is 27.9 Å². The Morgan fingerprint density at radius 2 is 1.63 bits per heavy atom. The Balaban J connectivity index is 2.38. The highest BCUT2D eigenvalue weighted by Crippen LogP contribution is 2.32. The first-order valence-corrected chi connectivity index (χ1v) is 6.65. The van der Waals surface area contributed by atoms with Crippen LogP contribution in [0.2, 0.25) is 10.3 Å². The SMILES string of the molecule is COCCc1nc(Cl)c(-c2ccc(C)cc2)c(Cl)n1. The highest BCUT2D eigenvalue weighted by molar-refractivity contribution is 6.37. The van der Waals surface area contributed by atoms with Gasteiger partial charge in [-0.3, -0.25) is 0 Å². The summed E-state index contributed by atoms with van der Waals surface area (Å²) in [5.41, 5.74) is 2.76. The van der Waals surface area contributed by atoms with Gasteiger partial charge in [-0.2, -0.15) is 0 Å². The number of aryl methyl sites for hydroxylation is 1. The van der Waals surface area contributed by atoms with Crippen LogP contribution in [0.5, 0.6) is 0 Å². The van der Waals surface area contributed by atoms with Gasteiger partial charge in [-0.25, -0.2) is 9.97 Å². The molecule has 5 heteroatoms. The molecule has 0 N–H and O–H groups in total. The molecule has 0 spiro atoms. The maximum atomic E-state index is 6.21. The first kappa shape index (κ1) is 14.3. The molecule has 0 amide bonds. The van der Waals surface area contributed by atoms with E-state index in [0.29, 0.717) is 34.7 Å². The molecule has 0 radical (unpaired) electrons. The van der Waals surface area contributed by atoms with E-state index in [1.54, 1.807) is 7.11 Å². The van der Waals surface area contributed by atoms with Gasteiger partial charge in [0.25, 0.3) is 0 Å². The average Bonchev–Trinajstić information content (AvgIpc) is 2.38. The zero-order valence-electron chi connectivity index (χ0n) is 10.8. The van der Waals surface area contributed by atoms with Crippen LogP contribution in [-0.2, 0) is 11.2 Å². The van der Waals surface area contributed by atoms with Crippen molar-refractivity contribution in [2.75, 3.05) is 13.7 Å². The summed E-state index contributed by atoms with van der Waals surface area (Å²) in [6.45, 7) is 2.56. The molecular formula is C14H14Cl2N2O. The predicted octanol–water partition coefficient (Wildman–Crippen LogP) is 3.95. The number of nitrogens with zero attached hydrogens (tertiary/aromatic N) is 2. The number of ether oxygens (including phenoxy) is 1. The molecule has 0 aliphatic rings. The monoisotopic (exact) mass is 296 g/mol. The molecule has 0 unspecified atom stereocenters. The van der Waals surface area contributed by atoms with E-state index in [1.165, 1.54) is 5.56 Å². The van der Waals surface area contributed by atoms with Crippen LogP contribution in [0, 0.1) is 6.92 Å². The minimum Gasteiger partial charge on any atom is -0.384 e. The second-order valence-electron chi connectivity index (χ2n) is 4.21. The highest BCUT2D eigenvalue weighted by atomic mass is 35.5. The van der Waals surface area contributed by atoms with Crippen LogP contribution in [0.25, 0.3) is 11.1 Å². The maximum absolute atomic E-state index is 6.21. The van der Waals surface area contributed by atoms with E-state index in [1.807, 2.05) is 31.2 Å². The average molecular weight is 297 g/mol. The van der Waals surface area contributed by atoms with Crippen molar-refractivity contribution in [3.05, 3.63) is 46.0 Å². The zero-order valence-corrected chi connectivity index (χ0v) is 12.3. The number of methoxy groups -OCH3 is 1. The van der Waals surface area contributed by atoms with E-state index in [9.17, 15) is 0 Å². The Labute approximate surface area is 122 Å². The minimum atomic E-state index is 0.370. The first-order chi connectivity index (χ1) is 9.11.